The van der Waals surface area contributed by atoms with Gasteiger partial charge in [-0.2, -0.15) is 8.62 Å². The van der Waals surface area contributed by atoms with Gasteiger partial charge in [-0.1, -0.05) is 12.2 Å². The maximum atomic E-state index is 10.8. The Labute approximate surface area is 135 Å². The molecule has 8 N–H and O–H groups in total. The lowest BCUT2D eigenvalue weighted by atomic mass is 10.6. The van der Waals surface area contributed by atoms with E-state index in [1.807, 2.05) is 0 Å². The number of nitrogens with one attached hydrogen (secondary N) is 3. The predicted molar refractivity (Wildman–Crippen MR) is 78.0 cm³/mol. The van der Waals surface area contributed by atoms with Gasteiger partial charge in [0.1, 0.15) is 10.2 Å². The molecule has 0 atom stereocenters. The first-order valence-electron chi connectivity index (χ1n) is 5.21. The SMILES string of the molecule is O=P(O)(O)OP(=O)(O)OP(=O)(O)O.O=c1[nH]c(=S)c2[nH]cnc2[nH]1. The van der Waals surface area contributed by atoms with Crippen LogP contribution in [0.2, 0.25) is 0 Å². The third kappa shape index (κ3) is 7.70. The molecule has 0 bridgehead atoms. The standard InChI is InChI=1S/C5H4N4OS.H5O10P3/c10-5-8-3-2(4(11)9-5)6-1-7-3;1-11(2,3)9-13(7,8)10-12(4,5)6/h1H,(H3,6,7,8,9,10,11);(H,7,8)(H2,1,2,3)(H2,4,5,6). The van der Waals surface area contributed by atoms with Crippen molar-refractivity contribution in [2.75, 3.05) is 0 Å². The molecule has 24 heavy (non-hydrogen) atoms. The van der Waals surface area contributed by atoms with E-state index >= 15 is 0 Å². The zero-order chi connectivity index (χ0) is 18.8. The first-order valence-corrected chi connectivity index (χ1v) is 10.2. The summed E-state index contributed by atoms with van der Waals surface area (Å²) in [7, 11) is -16.2. The number of aromatic amines is 3. The van der Waals surface area contributed by atoms with E-state index in [0.29, 0.717) is 15.8 Å². The molecule has 0 saturated heterocycles. The minimum absolute atomic E-state index is 0.338. The zero-order valence-corrected chi connectivity index (χ0v) is 14.5. The van der Waals surface area contributed by atoms with Crippen LogP contribution in [0, 0.1) is 4.64 Å². The van der Waals surface area contributed by atoms with Crippen LogP contribution < -0.4 is 5.69 Å². The molecule has 0 radical (unpaired) electrons. The van der Waals surface area contributed by atoms with E-state index in [-0.39, 0.29) is 5.69 Å². The predicted octanol–water partition coefficient (Wildman–Crippen LogP) is -0.386. The molecule has 0 aliphatic carbocycles. The number of H-pyrrole nitrogens is 3. The van der Waals surface area contributed by atoms with Crippen LogP contribution in [0.3, 0.4) is 0 Å². The molecule has 0 aliphatic rings. The van der Waals surface area contributed by atoms with Crippen LogP contribution in [-0.2, 0) is 22.3 Å². The number of hydrogen-bond donors (Lipinski definition) is 8. The zero-order valence-electron chi connectivity index (χ0n) is 11.0. The molecule has 15 nitrogen and oxygen atoms in total. The molecule has 2 rings (SSSR count). The number of nitrogens with zero attached hydrogens (tertiary/aromatic N) is 1. The van der Waals surface area contributed by atoms with Gasteiger partial charge in [-0.3, -0.25) is 9.97 Å². The van der Waals surface area contributed by atoms with Gasteiger partial charge in [0.25, 0.3) is 0 Å². The van der Waals surface area contributed by atoms with E-state index in [0.717, 1.165) is 0 Å². The topological polar surface area (TPSA) is 248 Å². The van der Waals surface area contributed by atoms with Crippen LogP contribution in [0.1, 0.15) is 0 Å². The van der Waals surface area contributed by atoms with Crippen molar-refractivity contribution >= 4 is 46.8 Å². The van der Waals surface area contributed by atoms with Crippen molar-refractivity contribution in [1.29, 1.82) is 0 Å². The molecule has 0 aromatic carbocycles. The van der Waals surface area contributed by atoms with E-state index in [4.69, 9.17) is 36.7 Å². The number of fused-ring (bicyclic) bond motifs is 1. The van der Waals surface area contributed by atoms with Crippen LogP contribution in [-0.4, -0.2) is 44.4 Å². The highest BCUT2D eigenvalue weighted by molar-refractivity contribution is 7.71. The van der Waals surface area contributed by atoms with E-state index in [1.165, 1.54) is 6.33 Å². The van der Waals surface area contributed by atoms with Crippen LogP contribution >= 0.6 is 35.7 Å². The first-order chi connectivity index (χ1) is 10.7. The summed E-state index contributed by atoms with van der Waals surface area (Å²) in [5, 5.41) is 0. The average molecular weight is 426 g/mol. The van der Waals surface area contributed by atoms with Gasteiger partial charge in [-0.15, -0.1) is 0 Å². The highest BCUT2D eigenvalue weighted by Crippen LogP contribution is 2.64. The molecule has 2 heterocycles. The molecule has 136 valence electrons. The summed E-state index contributed by atoms with van der Waals surface area (Å²) >= 11 is 4.85. The summed E-state index contributed by atoms with van der Waals surface area (Å²) < 4.78 is 36.8. The summed E-state index contributed by atoms with van der Waals surface area (Å²) in [6.45, 7) is 0. The summed E-state index contributed by atoms with van der Waals surface area (Å²) in [4.78, 5) is 62.5. The van der Waals surface area contributed by atoms with Crippen LogP contribution in [0.25, 0.3) is 11.2 Å². The molecule has 0 amide bonds. The quantitative estimate of drug-likeness (QED) is 0.229. The molecular weight excluding hydrogens is 417 g/mol. The molecule has 2 aromatic heterocycles. The number of aromatic nitrogens is 4. The highest BCUT2D eigenvalue weighted by Gasteiger charge is 2.38. The van der Waals surface area contributed by atoms with Crippen molar-refractivity contribution in [2.24, 2.45) is 0 Å². The highest BCUT2D eigenvalue weighted by atomic mass is 32.1. The Morgan fingerprint density at radius 1 is 1.00 bits per heavy atom. The molecule has 0 aliphatic heterocycles. The molecule has 0 fully saturated rings. The van der Waals surface area contributed by atoms with Crippen molar-refractivity contribution < 1.29 is 46.8 Å². The fourth-order valence-electron chi connectivity index (χ4n) is 1.15. The number of rotatable bonds is 4. The minimum atomic E-state index is -5.46. The van der Waals surface area contributed by atoms with Crippen LogP contribution in [0.5, 0.6) is 0 Å². The van der Waals surface area contributed by atoms with E-state index in [2.05, 4.69) is 28.6 Å². The average Bonchev–Trinajstić information content (AvgIpc) is 2.70. The molecule has 0 unspecified atom stereocenters. The van der Waals surface area contributed by atoms with E-state index in [1.54, 1.807) is 0 Å². The second kappa shape index (κ2) is 7.47. The fourth-order valence-corrected chi connectivity index (χ4v) is 3.94. The smallest absolute Gasteiger partial charge is 0.341 e. The lowest BCUT2D eigenvalue weighted by Crippen LogP contribution is -2.09. The van der Waals surface area contributed by atoms with Crippen molar-refractivity contribution in [3.63, 3.8) is 0 Å². The lowest BCUT2D eigenvalue weighted by Gasteiger charge is -2.11. The normalized spacial score (nSPS) is 12.7. The third-order valence-corrected chi connectivity index (χ3v) is 5.40. The Bertz CT molecular complexity index is 938. The number of imidazole rings is 1. The van der Waals surface area contributed by atoms with Gasteiger partial charge in [0.15, 0.2) is 5.65 Å². The van der Waals surface area contributed by atoms with Crippen LogP contribution in [0.4, 0.5) is 0 Å². The Kier molecular flexibility index (Phi) is 6.55. The fraction of sp³-hybridized carbons (Fsp3) is 0. The van der Waals surface area contributed by atoms with E-state index in [9.17, 15) is 18.5 Å². The Morgan fingerprint density at radius 3 is 1.96 bits per heavy atom. The van der Waals surface area contributed by atoms with Gasteiger partial charge < -0.3 is 29.5 Å². The van der Waals surface area contributed by atoms with Crippen molar-refractivity contribution in [2.45, 2.75) is 0 Å². The molecule has 2 aromatic rings. The second-order valence-corrected chi connectivity index (χ2v) is 8.26. The Hall–Kier alpha value is -1.02. The van der Waals surface area contributed by atoms with Gasteiger partial charge in [0, 0.05) is 0 Å². The second-order valence-electron chi connectivity index (χ2n) is 3.65. The lowest BCUT2D eigenvalue weighted by molar-refractivity contribution is 0.204. The minimum Gasteiger partial charge on any atom is -0.341 e. The van der Waals surface area contributed by atoms with Gasteiger partial charge in [-0.25, -0.2) is 23.5 Å². The Morgan fingerprint density at radius 2 is 1.50 bits per heavy atom. The largest absolute Gasteiger partial charge is 0.490 e. The van der Waals surface area contributed by atoms with Crippen molar-refractivity contribution in [3.8, 4) is 0 Å². The number of hydrogen-bond acceptors (Lipinski definition) is 8. The maximum absolute atomic E-state index is 10.8. The molecule has 0 saturated carbocycles. The molecule has 19 heteroatoms. The summed E-state index contributed by atoms with van der Waals surface area (Å²) in [6.07, 6.45) is 1.48. The van der Waals surface area contributed by atoms with E-state index < -0.39 is 23.5 Å². The molecule has 0 spiro atoms. The third-order valence-electron chi connectivity index (χ3n) is 1.74. The van der Waals surface area contributed by atoms with Crippen LogP contribution in [0.15, 0.2) is 11.1 Å². The summed E-state index contributed by atoms with van der Waals surface area (Å²) in [5.41, 5.74) is 0.799. The summed E-state index contributed by atoms with van der Waals surface area (Å²) in [6, 6.07) is 0. The summed E-state index contributed by atoms with van der Waals surface area (Å²) in [5.74, 6) is 0. The molecular formula is C5H9N4O11P3S. The maximum Gasteiger partial charge on any atom is 0.490 e. The monoisotopic (exact) mass is 426 g/mol. The first kappa shape index (κ1) is 21.0. The van der Waals surface area contributed by atoms with Gasteiger partial charge in [-0.05, 0) is 0 Å². The van der Waals surface area contributed by atoms with Gasteiger partial charge >= 0.3 is 29.2 Å². The number of phosphoric acid groups is 3. The van der Waals surface area contributed by atoms with Crippen molar-refractivity contribution in [1.82, 2.24) is 19.9 Å². The van der Waals surface area contributed by atoms with Gasteiger partial charge in [0.05, 0.1) is 6.33 Å². The Balaban J connectivity index is 0.000000242. The van der Waals surface area contributed by atoms with Gasteiger partial charge in [0.2, 0.25) is 0 Å². The van der Waals surface area contributed by atoms with Crippen molar-refractivity contribution in [3.05, 3.63) is 21.5 Å².